The number of nitrogens with zero attached hydrogens (tertiary/aromatic N) is 4. The molecule has 3 aromatic heterocycles. The Bertz CT molecular complexity index is 907. The number of carbonyl (C=O) groups excluding carboxylic acids is 1. The van der Waals surface area contributed by atoms with Gasteiger partial charge < -0.3 is 4.90 Å². The maximum absolute atomic E-state index is 12.8. The highest BCUT2D eigenvalue weighted by Crippen LogP contribution is 2.26. The number of thiophene rings is 1. The number of aromatic nitrogens is 3. The number of amides is 1. The molecule has 1 aliphatic heterocycles. The molecule has 0 unspecified atom stereocenters. The second-order valence-corrected chi connectivity index (χ2v) is 7.03. The molecule has 0 atom stereocenters. The van der Waals surface area contributed by atoms with Crippen LogP contribution in [0.15, 0.2) is 42.3 Å². The van der Waals surface area contributed by atoms with Crippen molar-refractivity contribution in [1.82, 2.24) is 19.9 Å². The molecule has 6 heteroatoms. The molecule has 0 N–H and O–H groups in total. The smallest absolute Gasteiger partial charge is 0.264 e. The third kappa shape index (κ3) is 3.05. The van der Waals surface area contributed by atoms with E-state index in [0.29, 0.717) is 13.1 Å². The number of hydrogen-bond acceptors (Lipinski definition) is 5. The molecule has 4 heterocycles. The van der Waals surface area contributed by atoms with Crippen molar-refractivity contribution in [3.8, 4) is 11.3 Å². The van der Waals surface area contributed by atoms with Gasteiger partial charge in [-0.1, -0.05) is 0 Å². The highest BCUT2D eigenvalue weighted by molar-refractivity contribution is 7.12. The fourth-order valence-electron chi connectivity index (χ4n) is 3.22. The van der Waals surface area contributed by atoms with Crippen LogP contribution >= 0.6 is 11.3 Å². The molecule has 0 fully saturated rings. The Morgan fingerprint density at radius 3 is 2.84 bits per heavy atom. The first kappa shape index (κ1) is 15.9. The van der Waals surface area contributed by atoms with Crippen molar-refractivity contribution in [3.05, 3.63) is 64.0 Å². The van der Waals surface area contributed by atoms with Gasteiger partial charge in [0.05, 0.1) is 10.6 Å². The van der Waals surface area contributed by atoms with Crippen molar-refractivity contribution in [3.63, 3.8) is 0 Å². The lowest BCUT2D eigenvalue weighted by Gasteiger charge is -2.19. The summed E-state index contributed by atoms with van der Waals surface area (Å²) >= 11 is 1.51. The summed E-state index contributed by atoms with van der Waals surface area (Å²) in [6, 6.07) is 5.92. The molecule has 25 heavy (non-hydrogen) atoms. The van der Waals surface area contributed by atoms with E-state index in [9.17, 15) is 4.79 Å². The lowest BCUT2D eigenvalue weighted by molar-refractivity contribution is 0.0767. The van der Waals surface area contributed by atoms with E-state index in [1.54, 1.807) is 12.5 Å². The summed E-state index contributed by atoms with van der Waals surface area (Å²) in [6.07, 6.45) is 6.71. The van der Waals surface area contributed by atoms with Gasteiger partial charge >= 0.3 is 0 Å². The van der Waals surface area contributed by atoms with Crippen molar-refractivity contribution >= 4 is 17.2 Å². The van der Waals surface area contributed by atoms with Crippen molar-refractivity contribution < 1.29 is 4.79 Å². The average Bonchev–Trinajstić information content (AvgIpc) is 2.96. The molecule has 0 radical (unpaired) electrons. The Morgan fingerprint density at radius 1 is 1.20 bits per heavy atom. The van der Waals surface area contributed by atoms with E-state index in [-0.39, 0.29) is 5.91 Å². The third-order valence-corrected chi connectivity index (χ3v) is 5.57. The van der Waals surface area contributed by atoms with E-state index in [1.807, 2.05) is 41.6 Å². The maximum Gasteiger partial charge on any atom is 0.264 e. The minimum Gasteiger partial charge on any atom is -0.337 e. The van der Waals surface area contributed by atoms with Crippen LogP contribution in [0.5, 0.6) is 0 Å². The summed E-state index contributed by atoms with van der Waals surface area (Å²) < 4.78 is 0. The van der Waals surface area contributed by atoms with Gasteiger partial charge in [0.25, 0.3) is 5.91 Å². The van der Waals surface area contributed by atoms with Crippen LogP contribution in [-0.4, -0.2) is 38.8 Å². The van der Waals surface area contributed by atoms with Crippen LogP contribution in [0.2, 0.25) is 0 Å². The van der Waals surface area contributed by atoms with Crippen LogP contribution in [-0.2, 0) is 12.8 Å². The first-order valence-electron chi connectivity index (χ1n) is 8.30. The fourth-order valence-corrected chi connectivity index (χ4v) is 4.11. The minimum atomic E-state index is 0.121. The van der Waals surface area contributed by atoms with Crippen molar-refractivity contribution in [2.45, 2.75) is 19.8 Å². The normalized spacial score (nSPS) is 14.0. The predicted octanol–water partition coefficient (Wildman–Crippen LogP) is 3.15. The van der Waals surface area contributed by atoms with E-state index in [2.05, 4.69) is 15.0 Å². The van der Waals surface area contributed by atoms with Crippen LogP contribution in [0.3, 0.4) is 0 Å². The van der Waals surface area contributed by atoms with Gasteiger partial charge in [-0.3, -0.25) is 9.78 Å². The van der Waals surface area contributed by atoms with Gasteiger partial charge in [0, 0.05) is 48.7 Å². The average molecular weight is 350 g/mol. The zero-order valence-corrected chi connectivity index (χ0v) is 14.8. The monoisotopic (exact) mass is 350 g/mol. The van der Waals surface area contributed by atoms with Crippen molar-refractivity contribution in [2.75, 3.05) is 13.1 Å². The Labute approximate surface area is 150 Å². The van der Waals surface area contributed by atoms with Crippen LogP contribution < -0.4 is 0 Å². The van der Waals surface area contributed by atoms with Gasteiger partial charge in [-0.05, 0) is 42.5 Å². The Morgan fingerprint density at radius 2 is 2.08 bits per heavy atom. The SMILES string of the molecule is Cc1ccsc1C(=O)N1CCc2ncnc(-c3cccnc3)c2CC1. The first-order valence-corrected chi connectivity index (χ1v) is 9.18. The molecule has 0 spiro atoms. The largest absolute Gasteiger partial charge is 0.337 e. The third-order valence-electron chi connectivity index (χ3n) is 4.56. The van der Waals surface area contributed by atoms with Crippen molar-refractivity contribution in [1.29, 1.82) is 0 Å². The number of hydrogen-bond donors (Lipinski definition) is 0. The summed E-state index contributed by atoms with van der Waals surface area (Å²) in [5.41, 5.74) is 5.14. The van der Waals surface area contributed by atoms with Gasteiger partial charge in [-0.25, -0.2) is 9.97 Å². The second-order valence-electron chi connectivity index (χ2n) is 6.11. The molecular formula is C19H18N4OS. The molecule has 3 aromatic rings. The summed E-state index contributed by atoms with van der Waals surface area (Å²) in [6.45, 7) is 3.36. The lowest BCUT2D eigenvalue weighted by Crippen LogP contribution is -2.33. The highest BCUT2D eigenvalue weighted by atomic mass is 32.1. The highest BCUT2D eigenvalue weighted by Gasteiger charge is 2.24. The maximum atomic E-state index is 12.8. The van der Waals surface area contributed by atoms with E-state index in [0.717, 1.165) is 45.8 Å². The predicted molar refractivity (Wildman–Crippen MR) is 97.6 cm³/mol. The molecule has 0 aliphatic carbocycles. The minimum absolute atomic E-state index is 0.121. The van der Waals surface area contributed by atoms with Crippen LogP contribution in [0.1, 0.15) is 26.5 Å². The molecule has 1 aliphatic rings. The standard InChI is InChI=1S/C19H18N4OS/c1-13-6-10-25-18(13)19(24)23-8-4-15-16(5-9-23)21-12-22-17(15)14-3-2-7-20-11-14/h2-3,6-7,10-12H,4-5,8-9H2,1H3. The lowest BCUT2D eigenvalue weighted by atomic mass is 10.0. The topological polar surface area (TPSA) is 59.0 Å². The van der Waals surface area contributed by atoms with Crippen LogP contribution in [0.25, 0.3) is 11.3 Å². The summed E-state index contributed by atoms with van der Waals surface area (Å²) in [4.78, 5) is 28.8. The number of aryl methyl sites for hydroxylation is 1. The van der Waals surface area contributed by atoms with E-state index >= 15 is 0 Å². The number of rotatable bonds is 2. The molecule has 4 rings (SSSR count). The van der Waals surface area contributed by atoms with Crippen LogP contribution in [0.4, 0.5) is 0 Å². The molecule has 0 aromatic carbocycles. The van der Waals surface area contributed by atoms with E-state index < -0.39 is 0 Å². The molecule has 126 valence electrons. The molecular weight excluding hydrogens is 332 g/mol. The van der Waals surface area contributed by atoms with Crippen LogP contribution in [0, 0.1) is 6.92 Å². The Kier molecular flexibility index (Phi) is 4.28. The number of carbonyl (C=O) groups is 1. The Balaban J connectivity index is 1.62. The zero-order valence-electron chi connectivity index (χ0n) is 14.0. The van der Waals surface area contributed by atoms with E-state index in [1.165, 1.54) is 11.3 Å². The molecule has 0 bridgehead atoms. The summed E-state index contributed by atoms with van der Waals surface area (Å²) in [5, 5.41) is 1.97. The molecule has 1 amide bonds. The fraction of sp³-hybridized carbons (Fsp3) is 0.263. The number of fused-ring (bicyclic) bond motifs is 1. The van der Waals surface area contributed by atoms with Crippen molar-refractivity contribution in [2.24, 2.45) is 0 Å². The Hall–Kier alpha value is -2.60. The molecule has 0 saturated carbocycles. The molecule has 0 saturated heterocycles. The van der Waals surface area contributed by atoms with Gasteiger partial charge in [-0.2, -0.15) is 0 Å². The number of pyridine rings is 1. The summed E-state index contributed by atoms with van der Waals surface area (Å²) in [7, 11) is 0. The second kappa shape index (κ2) is 6.72. The zero-order chi connectivity index (χ0) is 17.2. The van der Waals surface area contributed by atoms with Gasteiger partial charge in [0.2, 0.25) is 0 Å². The van der Waals surface area contributed by atoms with Gasteiger partial charge in [-0.15, -0.1) is 11.3 Å². The summed E-state index contributed by atoms with van der Waals surface area (Å²) in [5.74, 6) is 0.121. The quantitative estimate of drug-likeness (QED) is 0.712. The molecule has 5 nitrogen and oxygen atoms in total. The van der Waals surface area contributed by atoms with E-state index in [4.69, 9.17) is 0 Å². The van der Waals surface area contributed by atoms with Gasteiger partial charge in [0.15, 0.2) is 0 Å². The van der Waals surface area contributed by atoms with Gasteiger partial charge in [0.1, 0.15) is 6.33 Å². The first-order chi connectivity index (χ1) is 12.2.